The second-order valence-electron chi connectivity index (χ2n) is 9.06. The van der Waals surface area contributed by atoms with E-state index in [-0.39, 0.29) is 4.90 Å². The van der Waals surface area contributed by atoms with Crippen LogP contribution in [0.3, 0.4) is 0 Å². The number of anilines is 1. The van der Waals surface area contributed by atoms with Gasteiger partial charge in [0.25, 0.3) is 10.0 Å². The largest absolute Gasteiger partial charge is 0.497 e. The molecule has 5 heteroatoms. The zero-order valence-corrected chi connectivity index (χ0v) is 17.0. The van der Waals surface area contributed by atoms with Crippen LogP contribution in [0.4, 0.5) is 5.69 Å². The lowest BCUT2D eigenvalue weighted by Crippen LogP contribution is -2.48. The fourth-order valence-corrected chi connectivity index (χ4v) is 7.38. The van der Waals surface area contributed by atoms with Crippen LogP contribution in [0.25, 0.3) is 0 Å². The Morgan fingerprint density at radius 2 is 1.39 bits per heavy atom. The summed E-state index contributed by atoms with van der Waals surface area (Å²) < 4.78 is 33.1. The lowest BCUT2D eigenvalue weighted by Gasteiger charge is -2.57. The van der Waals surface area contributed by atoms with E-state index in [0.29, 0.717) is 16.9 Å². The summed E-state index contributed by atoms with van der Waals surface area (Å²) in [6.07, 6.45) is 8.23. The van der Waals surface area contributed by atoms with Crippen LogP contribution >= 0.6 is 0 Å². The molecule has 4 aliphatic rings. The summed E-state index contributed by atoms with van der Waals surface area (Å²) in [4.78, 5) is 0.235. The quantitative estimate of drug-likeness (QED) is 0.775. The van der Waals surface area contributed by atoms with Crippen molar-refractivity contribution in [3.8, 4) is 5.75 Å². The molecule has 6 rings (SSSR count). The minimum Gasteiger partial charge on any atom is -0.497 e. The van der Waals surface area contributed by atoms with Crippen molar-refractivity contribution in [3.63, 3.8) is 0 Å². The highest BCUT2D eigenvalue weighted by atomic mass is 32.2. The van der Waals surface area contributed by atoms with E-state index in [1.165, 1.54) is 44.1 Å². The van der Waals surface area contributed by atoms with Gasteiger partial charge in [0.05, 0.1) is 12.0 Å². The summed E-state index contributed by atoms with van der Waals surface area (Å²) in [5, 5.41) is 0. The Morgan fingerprint density at radius 3 is 1.89 bits per heavy atom. The number of hydrogen-bond donors (Lipinski definition) is 1. The third-order valence-electron chi connectivity index (χ3n) is 7.16. The third-order valence-corrected chi connectivity index (χ3v) is 8.55. The molecule has 2 aromatic carbocycles. The molecule has 0 aromatic heterocycles. The molecular formula is C23H27NO3S. The van der Waals surface area contributed by atoms with E-state index < -0.39 is 10.0 Å². The highest BCUT2D eigenvalue weighted by Crippen LogP contribution is 2.60. The first-order chi connectivity index (χ1) is 13.5. The molecule has 4 bridgehead atoms. The maximum Gasteiger partial charge on any atom is 0.261 e. The Labute approximate surface area is 167 Å². The third kappa shape index (κ3) is 3.10. The Kier molecular flexibility index (Phi) is 4.20. The number of hydrogen-bond acceptors (Lipinski definition) is 3. The van der Waals surface area contributed by atoms with Gasteiger partial charge in [-0.15, -0.1) is 0 Å². The standard InChI is InChI=1S/C23H27NO3S/c1-27-21-6-8-22(9-7-21)28(25,26)24-20-4-2-19(3-5-20)23-13-16-10-17(14-23)12-18(11-16)15-23/h2-9,16-18,24H,10-15H2,1H3. The molecule has 4 fully saturated rings. The van der Waals surface area contributed by atoms with E-state index >= 15 is 0 Å². The van der Waals surface area contributed by atoms with Crippen molar-refractivity contribution < 1.29 is 13.2 Å². The number of nitrogens with one attached hydrogen (secondary N) is 1. The first kappa shape index (κ1) is 18.0. The zero-order valence-electron chi connectivity index (χ0n) is 16.2. The number of rotatable bonds is 5. The molecule has 28 heavy (non-hydrogen) atoms. The molecule has 148 valence electrons. The summed E-state index contributed by atoms with van der Waals surface area (Å²) in [5.41, 5.74) is 2.35. The van der Waals surface area contributed by atoms with Crippen molar-refractivity contribution in [2.75, 3.05) is 11.8 Å². The van der Waals surface area contributed by atoms with E-state index in [9.17, 15) is 8.42 Å². The van der Waals surface area contributed by atoms with Gasteiger partial charge >= 0.3 is 0 Å². The van der Waals surface area contributed by atoms with Crippen molar-refractivity contribution in [2.24, 2.45) is 17.8 Å². The fraction of sp³-hybridized carbons (Fsp3) is 0.478. The minimum atomic E-state index is -3.60. The summed E-state index contributed by atoms with van der Waals surface area (Å²) >= 11 is 0. The Hall–Kier alpha value is -2.01. The van der Waals surface area contributed by atoms with Crippen LogP contribution in [0.15, 0.2) is 53.4 Å². The predicted molar refractivity (Wildman–Crippen MR) is 110 cm³/mol. The van der Waals surface area contributed by atoms with Crippen LogP contribution in [0.1, 0.15) is 44.1 Å². The predicted octanol–water partition coefficient (Wildman–Crippen LogP) is 4.96. The molecule has 2 aromatic rings. The molecule has 0 radical (unpaired) electrons. The Bertz CT molecular complexity index is 929. The van der Waals surface area contributed by atoms with Gasteiger partial charge in [-0.2, -0.15) is 0 Å². The van der Waals surface area contributed by atoms with E-state index in [4.69, 9.17) is 4.74 Å². The van der Waals surface area contributed by atoms with Crippen molar-refractivity contribution in [2.45, 2.75) is 48.8 Å². The van der Waals surface area contributed by atoms with Crippen LogP contribution in [-0.4, -0.2) is 15.5 Å². The molecule has 0 spiro atoms. The summed E-state index contributed by atoms with van der Waals surface area (Å²) in [5.74, 6) is 3.34. The second kappa shape index (κ2) is 6.51. The van der Waals surface area contributed by atoms with Gasteiger partial charge in [-0.3, -0.25) is 4.72 Å². The van der Waals surface area contributed by atoms with E-state index in [1.54, 1.807) is 31.4 Å². The highest BCUT2D eigenvalue weighted by molar-refractivity contribution is 7.92. The van der Waals surface area contributed by atoms with Crippen LogP contribution in [0.5, 0.6) is 5.75 Å². The fourth-order valence-electron chi connectivity index (χ4n) is 6.32. The molecule has 0 heterocycles. The number of ether oxygens (including phenoxy) is 1. The van der Waals surface area contributed by atoms with Gasteiger partial charge in [-0.25, -0.2) is 8.42 Å². The monoisotopic (exact) mass is 397 g/mol. The molecule has 4 saturated carbocycles. The molecular weight excluding hydrogens is 370 g/mol. The maximum atomic E-state index is 12.7. The van der Waals surface area contributed by atoms with Gasteiger partial charge in [0, 0.05) is 5.69 Å². The van der Waals surface area contributed by atoms with Crippen LogP contribution in [0.2, 0.25) is 0 Å². The van der Waals surface area contributed by atoms with Crippen molar-refractivity contribution in [1.82, 2.24) is 0 Å². The van der Waals surface area contributed by atoms with Crippen molar-refractivity contribution >= 4 is 15.7 Å². The van der Waals surface area contributed by atoms with Gasteiger partial charge < -0.3 is 4.74 Å². The zero-order chi connectivity index (χ0) is 19.4. The van der Waals surface area contributed by atoms with Gasteiger partial charge in [0.1, 0.15) is 5.75 Å². The molecule has 4 nitrogen and oxygen atoms in total. The first-order valence-electron chi connectivity index (χ1n) is 10.2. The summed E-state index contributed by atoms with van der Waals surface area (Å²) in [6, 6.07) is 14.6. The minimum absolute atomic E-state index is 0.235. The van der Waals surface area contributed by atoms with Gasteiger partial charge in [0.15, 0.2) is 0 Å². The van der Waals surface area contributed by atoms with Gasteiger partial charge in [-0.1, -0.05) is 12.1 Å². The molecule has 1 N–H and O–H groups in total. The Balaban J connectivity index is 1.35. The highest BCUT2D eigenvalue weighted by Gasteiger charge is 2.51. The second-order valence-corrected chi connectivity index (χ2v) is 10.7. The Morgan fingerprint density at radius 1 is 0.857 bits per heavy atom. The normalized spacial score (nSPS) is 31.0. The van der Waals surface area contributed by atoms with Gasteiger partial charge in [-0.05, 0) is 104 Å². The lowest BCUT2D eigenvalue weighted by atomic mass is 9.48. The average molecular weight is 398 g/mol. The van der Waals surface area contributed by atoms with E-state index in [1.807, 2.05) is 12.1 Å². The van der Waals surface area contributed by atoms with Crippen LogP contribution in [0, 0.1) is 17.8 Å². The van der Waals surface area contributed by atoms with Gasteiger partial charge in [0.2, 0.25) is 0 Å². The first-order valence-corrected chi connectivity index (χ1v) is 11.7. The molecule has 0 aliphatic heterocycles. The van der Waals surface area contributed by atoms with Crippen molar-refractivity contribution in [3.05, 3.63) is 54.1 Å². The molecule has 0 amide bonds. The van der Waals surface area contributed by atoms with E-state index in [2.05, 4.69) is 16.9 Å². The molecule has 0 unspecified atom stereocenters. The lowest BCUT2D eigenvalue weighted by molar-refractivity contribution is -0.00518. The number of sulfonamides is 1. The smallest absolute Gasteiger partial charge is 0.261 e. The SMILES string of the molecule is COc1ccc(S(=O)(=O)Nc2ccc(C34CC5CC(CC(C5)C3)C4)cc2)cc1. The van der Waals surface area contributed by atoms with E-state index in [0.717, 1.165) is 17.8 Å². The average Bonchev–Trinajstić information content (AvgIpc) is 2.67. The number of benzene rings is 2. The maximum absolute atomic E-state index is 12.7. The van der Waals surface area contributed by atoms with Crippen molar-refractivity contribution in [1.29, 1.82) is 0 Å². The topological polar surface area (TPSA) is 55.4 Å². The summed E-state index contributed by atoms with van der Waals surface area (Å²) in [6.45, 7) is 0. The number of methoxy groups -OCH3 is 1. The molecule has 0 atom stereocenters. The molecule has 4 aliphatic carbocycles. The summed E-state index contributed by atoms with van der Waals surface area (Å²) in [7, 11) is -2.04. The van der Waals surface area contributed by atoms with Crippen LogP contribution < -0.4 is 9.46 Å². The van der Waals surface area contributed by atoms with Crippen LogP contribution in [-0.2, 0) is 15.4 Å². The molecule has 0 saturated heterocycles.